The van der Waals surface area contributed by atoms with Gasteiger partial charge in [-0.3, -0.25) is 0 Å². The number of likely N-dealkylation sites (tertiary alicyclic amines) is 1. The fourth-order valence-corrected chi connectivity index (χ4v) is 2.35. The zero-order valence-corrected chi connectivity index (χ0v) is 10.5. The predicted octanol–water partition coefficient (Wildman–Crippen LogP) is 2.44. The Morgan fingerprint density at radius 1 is 1.33 bits per heavy atom. The number of halogens is 2. The summed E-state index contributed by atoms with van der Waals surface area (Å²) in [6, 6.07) is 2.56. The van der Waals surface area contributed by atoms with Crippen molar-refractivity contribution in [3.63, 3.8) is 0 Å². The van der Waals surface area contributed by atoms with Crippen LogP contribution in [0.25, 0.3) is 0 Å². The van der Waals surface area contributed by atoms with E-state index in [4.69, 9.17) is 5.73 Å². The molecule has 1 aliphatic heterocycles. The molecule has 1 aromatic carbocycles. The Bertz CT molecular complexity index is 423. The van der Waals surface area contributed by atoms with Crippen LogP contribution in [0.2, 0.25) is 0 Å². The molecule has 1 atom stereocenters. The number of anilines is 2. The Kier molecular flexibility index (Phi) is 4.01. The highest BCUT2D eigenvalue weighted by Crippen LogP contribution is 2.23. The second kappa shape index (κ2) is 5.52. The first-order valence-corrected chi connectivity index (χ1v) is 6.26. The van der Waals surface area contributed by atoms with Gasteiger partial charge >= 0.3 is 0 Å². The Balaban J connectivity index is 1.99. The normalized spacial score (nSPS) is 20.9. The number of hydrogen-bond acceptors (Lipinski definition) is 3. The van der Waals surface area contributed by atoms with E-state index in [-0.39, 0.29) is 5.69 Å². The number of piperidine rings is 1. The van der Waals surface area contributed by atoms with Gasteiger partial charge in [-0.15, -0.1) is 0 Å². The predicted molar refractivity (Wildman–Crippen MR) is 69.5 cm³/mol. The van der Waals surface area contributed by atoms with Crippen molar-refractivity contribution in [1.82, 2.24) is 4.90 Å². The van der Waals surface area contributed by atoms with Gasteiger partial charge in [-0.25, -0.2) is 8.78 Å². The molecule has 0 bridgehead atoms. The number of hydrogen-bond donors (Lipinski definition) is 2. The molecule has 5 heteroatoms. The molecule has 0 spiro atoms. The molecule has 1 aliphatic rings. The van der Waals surface area contributed by atoms with Crippen molar-refractivity contribution in [3.05, 3.63) is 23.8 Å². The molecule has 0 amide bonds. The van der Waals surface area contributed by atoms with Crippen LogP contribution in [0.3, 0.4) is 0 Å². The van der Waals surface area contributed by atoms with Crippen LogP contribution in [0.1, 0.15) is 19.3 Å². The van der Waals surface area contributed by atoms with E-state index in [0.29, 0.717) is 18.3 Å². The molecule has 18 heavy (non-hydrogen) atoms. The molecule has 1 saturated heterocycles. The Morgan fingerprint density at radius 3 is 2.78 bits per heavy atom. The molecule has 1 fully saturated rings. The van der Waals surface area contributed by atoms with E-state index in [1.807, 2.05) is 0 Å². The zero-order valence-electron chi connectivity index (χ0n) is 10.5. The molecule has 2 rings (SSSR count). The highest BCUT2D eigenvalue weighted by Gasteiger charge is 2.18. The van der Waals surface area contributed by atoms with E-state index in [1.54, 1.807) is 0 Å². The fraction of sp³-hybridized carbons (Fsp3) is 0.538. The summed E-state index contributed by atoms with van der Waals surface area (Å²) in [5.74, 6) is -1.78. The summed E-state index contributed by atoms with van der Waals surface area (Å²) < 4.78 is 26.0. The summed E-state index contributed by atoms with van der Waals surface area (Å²) in [4.78, 5) is 2.28. The van der Waals surface area contributed by atoms with Gasteiger partial charge in [0.15, 0.2) is 11.6 Å². The molecule has 0 aliphatic carbocycles. The summed E-state index contributed by atoms with van der Waals surface area (Å²) in [6.07, 6.45) is 3.55. The molecular weight excluding hydrogens is 236 g/mol. The van der Waals surface area contributed by atoms with Crippen molar-refractivity contribution in [1.29, 1.82) is 0 Å². The van der Waals surface area contributed by atoms with E-state index in [9.17, 15) is 8.78 Å². The van der Waals surface area contributed by atoms with E-state index < -0.39 is 11.6 Å². The highest BCUT2D eigenvalue weighted by molar-refractivity contribution is 5.66. The fourth-order valence-electron chi connectivity index (χ4n) is 2.35. The average molecular weight is 255 g/mol. The van der Waals surface area contributed by atoms with Gasteiger partial charge in [0.25, 0.3) is 0 Å². The van der Waals surface area contributed by atoms with Gasteiger partial charge in [0, 0.05) is 24.7 Å². The topological polar surface area (TPSA) is 41.3 Å². The molecular formula is C13H19F2N3. The Labute approximate surface area is 106 Å². The molecule has 3 N–H and O–H groups in total. The number of nitrogen functional groups attached to an aromatic ring is 1. The number of nitrogens with zero attached hydrogens (tertiary/aromatic N) is 1. The third-order valence-corrected chi connectivity index (χ3v) is 3.54. The SMILES string of the molecule is CN1CCCCC1CNc1cc(F)c(F)cc1N. The molecule has 0 radical (unpaired) electrons. The first-order chi connectivity index (χ1) is 8.58. The second-order valence-electron chi connectivity index (χ2n) is 4.86. The Morgan fingerprint density at radius 2 is 2.06 bits per heavy atom. The van der Waals surface area contributed by atoms with Crippen molar-refractivity contribution in [2.24, 2.45) is 0 Å². The van der Waals surface area contributed by atoms with E-state index in [2.05, 4.69) is 17.3 Å². The van der Waals surface area contributed by atoms with Crippen molar-refractivity contribution in [2.75, 3.05) is 31.2 Å². The van der Waals surface area contributed by atoms with Gasteiger partial charge in [-0.2, -0.15) is 0 Å². The van der Waals surface area contributed by atoms with Crippen molar-refractivity contribution < 1.29 is 8.78 Å². The molecule has 100 valence electrons. The van der Waals surface area contributed by atoms with Gasteiger partial charge in [0.2, 0.25) is 0 Å². The third-order valence-electron chi connectivity index (χ3n) is 3.54. The lowest BCUT2D eigenvalue weighted by Crippen LogP contribution is -2.40. The van der Waals surface area contributed by atoms with Gasteiger partial charge in [-0.05, 0) is 26.4 Å². The van der Waals surface area contributed by atoms with Crippen molar-refractivity contribution >= 4 is 11.4 Å². The molecule has 1 heterocycles. The van der Waals surface area contributed by atoms with Gasteiger partial charge < -0.3 is 16.0 Å². The number of benzene rings is 1. The third kappa shape index (κ3) is 2.90. The average Bonchev–Trinajstić information content (AvgIpc) is 2.34. The maximum absolute atomic E-state index is 13.1. The summed E-state index contributed by atoms with van der Waals surface area (Å²) in [5.41, 5.74) is 6.37. The minimum atomic E-state index is -0.909. The lowest BCUT2D eigenvalue weighted by atomic mass is 10.0. The molecule has 1 aromatic rings. The number of rotatable bonds is 3. The van der Waals surface area contributed by atoms with Crippen LogP contribution in [0, 0.1) is 11.6 Å². The summed E-state index contributed by atoms with van der Waals surface area (Å²) >= 11 is 0. The van der Waals surface area contributed by atoms with Crippen molar-refractivity contribution in [3.8, 4) is 0 Å². The maximum atomic E-state index is 13.1. The quantitative estimate of drug-likeness (QED) is 0.815. The van der Waals surface area contributed by atoms with Crippen LogP contribution in [0.15, 0.2) is 12.1 Å². The monoisotopic (exact) mass is 255 g/mol. The molecule has 0 saturated carbocycles. The lowest BCUT2D eigenvalue weighted by molar-refractivity contribution is 0.194. The molecule has 3 nitrogen and oxygen atoms in total. The summed E-state index contributed by atoms with van der Waals surface area (Å²) in [5, 5.41) is 3.11. The van der Waals surface area contributed by atoms with Gasteiger partial charge in [-0.1, -0.05) is 6.42 Å². The van der Waals surface area contributed by atoms with E-state index >= 15 is 0 Å². The number of nitrogens with one attached hydrogen (secondary N) is 1. The van der Waals surface area contributed by atoms with Crippen LogP contribution in [0.4, 0.5) is 20.2 Å². The van der Waals surface area contributed by atoms with Crippen molar-refractivity contribution in [2.45, 2.75) is 25.3 Å². The molecule has 1 unspecified atom stereocenters. The van der Waals surface area contributed by atoms with Gasteiger partial charge in [0.1, 0.15) is 0 Å². The maximum Gasteiger partial charge on any atom is 0.161 e. The largest absolute Gasteiger partial charge is 0.397 e. The zero-order chi connectivity index (χ0) is 13.1. The summed E-state index contributed by atoms with van der Waals surface area (Å²) in [6.45, 7) is 1.78. The minimum absolute atomic E-state index is 0.243. The standard InChI is InChI=1S/C13H19F2N3/c1-18-5-3-2-4-9(18)8-17-13-7-11(15)10(14)6-12(13)16/h6-7,9,17H,2-5,8,16H2,1H3. The first kappa shape index (κ1) is 13.1. The van der Waals surface area contributed by atoms with E-state index in [1.165, 1.54) is 12.8 Å². The van der Waals surface area contributed by atoms with E-state index in [0.717, 1.165) is 25.1 Å². The van der Waals surface area contributed by atoms with Crippen LogP contribution in [0.5, 0.6) is 0 Å². The Hall–Kier alpha value is -1.36. The first-order valence-electron chi connectivity index (χ1n) is 6.26. The van der Waals surface area contributed by atoms with Gasteiger partial charge in [0.05, 0.1) is 11.4 Å². The number of nitrogens with two attached hydrogens (primary N) is 1. The van der Waals surface area contributed by atoms with Crippen LogP contribution in [-0.2, 0) is 0 Å². The lowest BCUT2D eigenvalue weighted by Gasteiger charge is -2.32. The number of likely N-dealkylation sites (N-methyl/N-ethyl adjacent to an activating group) is 1. The van der Waals surface area contributed by atoms with Crippen LogP contribution < -0.4 is 11.1 Å². The molecule has 0 aromatic heterocycles. The van der Waals surface area contributed by atoms with Crippen LogP contribution in [-0.4, -0.2) is 31.1 Å². The smallest absolute Gasteiger partial charge is 0.161 e. The second-order valence-corrected chi connectivity index (χ2v) is 4.86. The van der Waals surface area contributed by atoms with Crippen LogP contribution >= 0.6 is 0 Å². The summed E-state index contributed by atoms with van der Waals surface area (Å²) in [7, 11) is 2.08. The minimum Gasteiger partial charge on any atom is -0.397 e. The highest BCUT2D eigenvalue weighted by atomic mass is 19.2.